The lowest BCUT2D eigenvalue weighted by atomic mass is 9.96. The number of aromatic nitrogens is 2. The number of hydrogen-bond acceptors (Lipinski definition) is 4. The molecule has 27 heavy (non-hydrogen) atoms. The van der Waals surface area contributed by atoms with Gasteiger partial charge >= 0.3 is 0 Å². The van der Waals surface area contributed by atoms with Crippen molar-refractivity contribution in [1.29, 1.82) is 0 Å². The normalized spacial score (nSPS) is 20.6. The zero-order valence-electron chi connectivity index (χ0n) is 16.0. The number of aryl methyl sites for hydroxylation is 1. The van der Waals surface area contributed by atoms with E-state index in [2.05, 4.69) is 39.5 Å². The molecular weight excluding hydrogens is 336 g/mol. The van der Waals surface area contributed by atoms with E-state index >= 15 is 0 Å². The Morgan fingerprint density at radius 3 is 2.59 bits per heavy atom. The van der Waals surface area contributed by atoms with Gasteiger partial charge in [0.15, 0.2) is 5.82 Å². The fourth-order valence-electron chi connectivity index (χ4n) is 4.29. The molecule has 5 nitrogen and oxygen atoms in total. The monoisotopic (exact) mass is 364 g/mol. The molecule has 1 saturated heterocycles. The summed E-state index contributed by atoms with van der Waals surface area (Å²) >= 11 is 0. The second-order valence-electron chi connectivity index (χ2n) is 7.87. The summed E-state index contributed by atoms with van der Waals surface area (Å²) in [5, 5.41) is 12.2. The first-order valence-electron chi connectivity index (χ1n) is 10.2. The highest BCUT2D eigenvalue weighted by Gasteiger charge is 2.28. The van der Waals surface area contributed by atoms with Gasteiger partial charge in [-0.1, -0.05) is 37.1 Å². The van der Waals surface area contributed by atoms with Crippen LogP contribution in [0.3, 0.4) is 0 Å². The van der Waals surface area contributed by atoms with E-state index < -0.39 is 0 Å². The van der Waals surface area contributed by atoms with E-state index in [4.69, 9.17) is 0 Å². The summed E-state index contributed by atoms with van der Waals surface area (Å²) in [6, 6.07) is 12.7. The van der Waals surface area contributed by atoms with Crippen LogP contribution in [0.5, 0.6) is 0 Å². The van der Waals surface area contributed by atoms with Gasteiger partial charge in [0.1, 0.15) is 0 Å². The van der Waals surface area contributed by atoms with Crippen molar-refractivity contribution >= 4 is 11.7 Å². The standard InChI is InChI=1S/C22H28N4O/c1-16-7-2-5-11-19(16)20-12-13-21(25-24-20)26-14-6-8-17(15-26)22(27)23-18-9-3-4-10-18/h2,5,7,11-13,17-18H,3-4,6,8-10,14-15H2,1H3,(H,23,27)/t17-/m0/s1. The molecule has 142 valence electrons. The number of amides is 1. The molecule has 0 unspecified atom stereocenters. The number of benzene rings is 1. The highest BCUT2D eigenvalue weighted by molar-refractivity contribution is 5.80. The molecule has 0 bridgehead atoms. The van der Waals surface area contributed by atoms with Crippen molar-refractivity contribution in [1.82, 2.24) is 15.5 Å². The minimum atomic E-state index is 0.0530. The zero-order valence-corrected chi connectivity index (χ0v) is 16.0. The maximum atomic E-state index is 12.6. The molecule has 1 aromatic heterocycles. The maximum absolute atomic E-state index is 12.6. The molecule has 0 spiro atoms. The van der Waals surface area contributed by atoms with E-state index in [0.717, 1.165) is 55.8 Å². The molecule has 1 aliphatic heterocycles. The number of carbonyl (C=O) groups excluding carboxylic acids is 1. The molecule has 2 fully saturated rings. The van der Waals surface area contributed by atoms with Crippen LogP contribution in [0.1, 0.15) is 44.1 Å². The summed E-state index contributed by atoms with van der Waals surface area (Å²) in [7, 11) is 0. The summed E-state index contributed by atoms with van der Waals surface area (Å²) in [6.45, 7) is 3.76. The van der Waals surface area contributed by atoms with Gasteiger partial charge in [-0.15, -0.1) is 10.2 Å². The highest BCUT2D eigenvalue weighted by atomic mass is 16.2. The molecule has 0 radical (unpaired) electrons. The largest absolute Gasteiger partial charge is 0.354 e. The van der Waals surface area contributed by atoms with Crippen LogP contribution >= 0.6 is 0 Å². The topological polar surface area (TPSA) is 58.1 Å². The Labute approximate surface area is 161 Å². The first-order valence-corrected chi connectivity index (χ1v) is 10.2. The van der Waals surface area contributed by atoms with Crippen molar-refractivity contribution in [2.45, 2.75) is 51.5 Å². The van der Waals surface area contributed by atoms with Crippen molar-refractivity contribution in [3.63, 3.8) is 0 Å². The SMILES string of the molecule is Cc1ccccc1-c1ccc(N2CCC[C@H](C(=O)NC3CCCC3)C2)nn1. The molecule has 1 aromatic carbocycles. The smallest absolute Gasteiger partial charge is 0.225 e. The molecule has 2 aliphatic rings. The van der Waals surface area contributed by atoms with Crippen LogP contribution in [0.25, 0.3) is 11.3 Å². The third kappa shape index (κ3) is 4.12. The number of nitrogens with one attached hydrogen (secondary N) is 1. The van der Waals surface area contributed by atoms with Gasteiger partial charge in [0.2, 0.25) is 5.91 Å². The quantitative estimate of drug-likeness (QED) is 0.898. The van der Waals surface area contributed by atoms with E-state index in [-0.39, 0.29) is 11.8 Å². The van der Waals surface area contributed by atoms with Gasteiger partial charge in [-0.05, 0) is 50.3 Å². The Morgan fingerprint density at radius 1 is 1.04 bits per heavy atom. The van der Waals surface area contributed by atoms with Gasteiger partial charge in [-0.25, -0.2) is 0 Å². The Hall–Kier alpha value is -2.43. The van der Waals surface area contributed by atoms with E-state index in [1.165, 1.54) is 18.4 Å². The fourth-order valence-corrected chi connectivity index (χ4v) is 4.29. The summed E-state index contributed by atoms with van der Waals surface area (Å²) in [4.78, 5) is 14.8. The molecule has 1 atom stereocenters. The second-order valence-corrected chi connectivity index (χ2v) is 7.87. The molecule has 5 heteroatoms. The number of rotatable bonds is 4. The lowest BCUT2D eigenvalue weighted by molar-refractivity contribution is -0.125. The minimum absolute atomic E-state index is 0.0530. The molecule has 1 N–H and O–H groups in total. The van der Waals surface area contributed by atoms with Crippen LogP contribution < -0.4 is 10.2 Å². The predicted octanol–water partition coefficient (Wildman–Crippen LogP) is 3.73. The third-order valence-electron chi connectivity index (χ3n) is 5.89. The number of nitrogens with zero attached hydrogens (tertiary/aromatic N) is 3. The first-order chi connectivity index (χ1) is 13.2. The van der Waals surface area contributed by atoms with Gasteiger partial charge < -0.3 is 10.2 Å². The van der Waals surface area contributed by atoms with Crippen LogP contribution in [0.15, 0.2) is 36.4 Å². The molecule has 4 rings (SSSR count). The maximum Gasteiger partial charge on any atom is 0.225 e. The Bertz CT molecular complexity index is 783. The van der Waals surface area contributed by atoms with E-state index in [9.17, 15) is 4.79 Å². The summed E-state index contributed by atoms with van der Waals surface area (Å²) in [6.07, 6.45) is 6.73. The van der Waals surface area contributed by atoms with Gasteiger partial charge in [0.05, 0.1) is 11.6 Å². The summed E-state index contributed by atoms with van der Waals surface area (Å²) in [5.41, 5.74) is 3.20. The Kier molecular flexibility index (Phi) is 5.37. The molecule has 1 aliphatic carbocycles. The lowest BCUT2D eigenvalue weighted by Crippen LogP contribution is -2.45. The van der Waals surface area contributed by atoms with Crippen molar-refractivity contribution in [2.24, 2.45) is 5.92 Å². The molecule has 2 heterocycles. The van der Waals surface area contributed by atoms with Crippen LogP contribution in [-0.4, -0.2) is 35.2 Å². The Morgan fingerprint density at radius 2 is 1.85 bits per heavy atom. The van der Waals surface area contributed by atoms with Crippen molar-refractivity contribution in [3.8, 4) is 11.3 Å². The zero-order chi connectivity index (χ0) is 18.6. The van der Waals surface area contributed by atoms with E-state index in [0.29, 0.717) is 6.04 Å². The van der Waals surface area contributed by atoms with Crippen LogP contribution in [0, 0.1) is 12.8 Å². The average Bonchev–Trinajstić information content (AvgIpc) is 3.22. The first kappa shape index (κ1) is 18.0. The second kappa shape index (κ2) is 8.07. The summed E-state index contributed by atoms with van der Waals surface area (Å²) in [5.74, 6) is 1.14. The van der Waals surface area contributed by atoms with Crippen LogP contribution in [-0.2, 0) is 4.79 Å². The van der Waals surface area contributed by atoms with Crippen LogP contribution in [0.2, 0.25) is 0 Å². The van der Waals surface area contributed by atoms with E-state index in [1.807, 2.05) is 24.3 Å². The number of carbonyl (C=O) groups is 1. The third-order valence-corrected chi connectivity index (χ3v) is 5.89. The number of piperidine rings is 1. The Balaban J connectivity index is 1.42. The molecule has 2 aromatic rings. The van der Waals surface area contributed by atoms with Crippen molar-refractivity contribution in [2.75, 3.05) is 18.0 Å². The lowest BCUT2D eigenvalue weighted by Gasteiger charge is -2.33. The molecular formula is C22H28N4O. The van der Waals surface area contributed by atoms with Crippen molar-refractivity contribution in [3.05, 3.63) is 42.0 Å². The number of hydrogen-bond donors (Lipinski definition) is 1. The van der Waals surface area contributed by atoms with Gasteiger partial charge in [0.25, 0.3) is 0 Å². The van der Waals surface area contributed by atoms with Gasteiger partial charge in [-0.2, -0.15) is 0 Å². The average molecular weight is 364 g/mol. The predicted molar refractivity (Wildman–Crippen MR) is 108 cm³/mol. The van der Waals surface area contributed by atoms with Crippen LogP contribution in [0.4, 0.5) is 5.82 Å². The van der Waals surface area contributed by atoms with Crippen molar-refractivity contribution < 1.29 is 4.79 Å². The van der Waals surface area contributed by atoms with E-state index in [1.54, 1.807) is 0 Å². The van der Waals surface area contributed by atoms with Gasteiger partial charge in [0, 0.05) is 24.7 Å². The fraction of sp³-hybridized carbons (Fsp3) is 0.500. The molecule has 1 saturated carbocycles. The summed E-state index contributed by atoms with van der Waals surface area (Å²) < 4.78 is 0. The minimum Gasteiger partial charge on any atom is -0.354 e. The highest BCUT2D eigenvalue weighted by Crippen LogP contribution is 2.25. The molecule has 1 amide bonds. The van der Waals surface area contributed by atoms with Gasteiger partial charge in [-0.3, -0.25) is 4.79 Å². The number of anilines is 1.